The highest BCUT2D eigenvalue weighted by atomic mass is 35.5. The number of pyridine rings is 1. The summed E-state index contributed by atoms with van der Waals surface area (Å²) in [7, 11) is 0. The Bertz CT molecular complexity index is 515. The number of rotatable bonds is 4. The molecular weight excluding hydrogens is 258 g/mol. The number of nitrogens with zero attached hydrogens (tertiary/aromatic N) is 1. The zero-order valence-electron chi connectivity index (χ0n) is 9.41. The lowest BCUT2D eigenvalue weighted by atomic mass is 10.1. The van der Waals surface area contributed by atoms with Crippen LogP contribution >= 0.6 is 11.6 Å². The van der Waals surface area contributed by atoms with Gasteiger partial charge in [0.25, 0.3) is 6.43 Å². The molecule has 1 aromatic heterocycles. The number of nitrogens with one attached hydrogen (secondary N) is 1. The minimum absolute atomic E-state index is 0.0331. The molecule has 2 aromatic rings. The molecule has 1 heterocycles. The summed E-state index contributed by atoms with van der Waals surface area (Å²) >= 11 is 5.75. The Morgan fingerprint density at radius 1 is 1.17 bits per heavy atom. The van der Waals surface area contributed by atoms with Crippen molar-refractivity contribution in [3.05, 3.63) is 58.9 Å². The maximum absolute atomic E-state index is 12.4. The molecule has 2 nitrogen and oxygen atoms in total. The van der Waals surface area contributed by atoms with Gasteiger partial charge in [-0.1, -0.05) is 35.9 Å². The largest absolute Gasteiger partial charge is 0.381 e. The van der Waals surface area contributed by atoms with Crippen molar-refractivity contribution in [3.8, 4) is 0 Å². The van der Waals surface area contributed by atoms with E-state index in [2.05, 4.69) is 10.3 Å². The van der Waals surface area contributed by atoms with Gasteiger partial charge < -0.3 is 5.32 Å². The van der Waals surface area contributed by atoms with Crippen LogP contribution in [0.5, 0.6) is 0 Å². The number of hydrogen-bond donors (Lipinski definition) is 1. The van der Waals surface area contributed by atoms with Crippen LogP contribution in [0.4, 0.5) is 14.5 Å². The minimum Gasteiger partial charge on any atom is -0.381 e. The van der Waals surface area contributed by atoms with E-state index < -0.39 is 6.43 Å². The molecule has 2 rings (SSSR count). The highest BCUT2D eigenvalue weighted by Crippen LogP contribution is 2.19. The lowest BCUT2D eigenvalue weighted by molar-refractivity contribution is 0.151. The predicted molar refractivity (Wildman–Crippen MR) is 68.0 cm³/mol. The number of aromatic nitrogens is 1. The van der Waals surface area contributed by atoms with Gasteiger partial charge in [-0.05, 0) is 17.7 Å². The van der Waals surface area contributed by atoms with Crippen LogP contribution in [0.3, 0.4) is 0 Å². The molecule has 0 saturated heterocycles. The third-order valence-corrected chi connectivity index (χ3v) is 2.66. The van der Waals surface area contributed by atoms with Crippen molar-refractivity contribution in [2.24, 2.45) is 0 Å². The summed E-state index contributed by atoms with van der Waals surface area (Å²) in [5.74, 6) is 0. The van der Waals surface area contributed by atoms with Gasteiger partial charge in [-0.15, -0.1) is 0 Å². The van der Waals surface area contributed by atoms with E-state index in [1.165, 1.54) is 12.1 Å². The normalized spacial score (nSPS) is 10.7. The number of alkyl halides is 2. The smallest absolute Gasteiger partial charge is 0.263 e. The minimum atomic E-state index is -2.42. The molecule has 0 unspecified atom stereocenters. The molecule has 5 heteroatoms. The first kappa shape index (κ1) is 12.8. The topological polar surface area (TPSA) is 24.9 Å². The average molecular weight is 269 g/mol. The van der Waals surface area contributed by atoms with Crippen LogP contribution in [-0.4, -0.2) is 4.98 Å². The first-order valence-corrected chi connectivity index (χ1v) is 5.75. The third-order valence-electron chi connectivity index (χ3n) is 2.45. The molecule has 0 atom stereocenters. The lowest BCUT2D eigenvalue weighted by Crippen LogP contribution is -1.99. The summed E-state index contributed by atoms with van der Waals surface area (Å²) in [6.07, 6.45) is -0.823. The molecule has 0 aliphatic heterocycles. The van der Waals surface area contributed by atoms with Crippen molar-refractivity contribution in [2.45, 2.75) is 13.0 Å². The van der Waals surface area contributed by atoms with E-state index in [0.717, 1.165) is 11.3 Å². The number of hydrogen-bond acceptors (Lipinski definition) is 2. The summed E-state index contributed by atoms with van der Waals surface area (Å²) in [5, 5.41) is 3.55. The fraction of sp³-hybridized carbons (Fsp3) is 0.154. The zero-order valence-corrected chi connectivity index (χ0v) is 10.2. The van der Waals surface area contributed by atoms with Gasteiger partial charge in [-0.25, -0.2) is 13.8 Å². The molecule has 0 spiro atoms. The van der Waals surface area contributed by atoms with E-state index in [1.807, 2.05) is 0 Å². The number of anilines is 1. The summed E-state index contributed by atoms with van der Waals surface area (Å²) < 4.78 is 24.7. The van der Waals surface area contributed by atoms with Crippen molar-refractivity contribution in [1.29, 1.82) is 0 Å². The molecule has 0 fully saturated rings. The second kappa shape index (κ2) is 5.78. The van der Waals surface area contributed by atoms with Gasteiger partial charge >= 0.3 is 0 Å². The standard InChI is InChI=1S/C13H11ClF2N2/c14-12-7-11(5-6-17-12)18-8-9-1-3-10(4-2-9)13(15)16/h1-7,13H,8H2,(H,17,18). The SMILES string of the molecule is FC(F)c1ccc(CNc2ccnc(Cl)c2)cc1. The van der Waals surface area contributed by atoms with E-state index in [4.69, 9.17) is 11.6 Å². The van der Waals surface area contributed by atoms with Crippen LogP contribution in [0.2, 0.25) is 5.15 Å². The van der Waals surface area contributed by atoms with E-state index in [1.54, 1.807) is 30.5 Å². The Morgan fingerprint density at radius 2 is 1.89 bits per heavy atom. The number of halogens is 3. The molecule has 1 aromatic carbocycles. The van der Waals surface area contributed by atoms with Gasteiger partial charge in [0.05, 0.1) is 0 Å². The van der Waals surface area contributed by atoms with E-state index in [-0.39, 0.29) is 5.56 Å². The van der Waals surface area contributed by atoms with Crippen molar-refractivity contribution in [2.75, 3.05) is 5.32 Å². The quantitative estimate of drug-likeness (QED) is 0.837. The summed E-state index contributed by atoms with van der Waals surface area (Å²) in [6, 6.07) is 9.71. The van der Waals surface area contributed by atoms with Crippen molar-refractivity contribution in [1.82, 2.24) is 4.98 Å². The Balaban J connectivity index is 1.98. The van der Waals surface area contributed by atoms with E-state index in [0.29, 0.717) is 11.7 Å². The average Bonchev–Trinajstić information content (AvgIpc) is 2.37. The molecule has 0 bridgehead atoms. The lowest BCUT2D eigenvalue weighted by Gasteiger charge is -2.07. The Hall–Kier alpha value is -1.68. The van der Waals surface area contributed by atoms with Crippen molar-refractivity contribution >= 4 is 17.3 Å². The highest BCUT2D eigenvalue weighted by Gasteiger charge is 2.05. The van der Waals surface area contributed by atoms with Gasteiger partial charge in [-0.2, -0.15) is 0 Å². The van der Waals surface area contributed by atoms with Crippen molar-refractivity contribution < 1.29 is 8.78 Å². The van der Waals surface area contributed by atoms with Crippen LogP contribution in [0.15, 0.2) is 42.6 Å². The van der Waals surface area contributed by atoms with E-state index >= 15 is 0 Å². The maximum Gasteiger partial charge on any atom is 0.263 e. The predicted octanol–water partition coefficient (Wildman–Crippen LogP) is 4.28. The molecule has 0 aliphatic rings. The molecule has 1 N–H and O–H groups in total. The Morgan fingerprint density at radius 3 is 2.50 bits per heavy atom. The highest BCUT2D eigenvalue weighted by molar-refractivity contribution is 6.29. The maximum atomic E-state index is 12.4. The molecule has 0 saturated carbocycles. The monoisotopic (exact) mass is 268 g/mol. The van der Waals surface area contributed by atoms with Crippen LogP contribution < -0.4 is 5.32 Å². The molecule has 18 heavy (non-hydrogen) atoms. The van der Waals surface area contributed by atoms with Gasteiger partial charge in [0.15, 0.2) is 0 Å². The molecule has 0 amide bonds. The van der Waals surface area contributed by atoms with Crippen LogP contribution in [-0.2, 0) is 6.54 Å². The Labute approximate surface area is 109 Å². The zero-order chi connectivity index (χ0) is 13.0. The molecule has 0 aliphatic carbocycles. The van der Waals surface area contributed by atoms with Crippen LogP contribution in [0.1, 0.15) is 17.6 Å². The van der Waals surface area contributed by atoms with Gasteiger partial charge in [0.2, 0.25) is 0 Å². The molecular formula is C13H11ClF2N2. The second-order valence-electron chi connectivity index (χ2n) is 3.76. The second-order valence-corrected chi connectivity index (χ2v) is 4.15. The first-order chi connectivity index (χ1) is 8.65. The van der Waals surface area contributed by atoms with Gasteiger partial charge in [-0.3, -0.25) is 0 Å². The molecule has 94 valence electrons. The van der Waals surface area contributed by atoms with Gasteiger partial charge in [0, 0.05) is 24.0 Å². The summed E-state index contributed by atoms with van der Waals surface area (Å²) in [5.41, 5.74) is 1.80. The van der Waals surface area contributed by atoms with Crippen LogP contribution in [0, 0.1) is 0 Å². The summed E-state index contributed by atoms with van der Waals surface area (Å²) in [4.78, 5) is 3.87. The first-order valence-electron chi connectivity index (χ1n) is 5.37. The summed E-state index contributed by atoms with van der Waals surface area (Å²) in [6.45, 7) is 0.545. The van der Waals surface area contributed by atoms with Gasteiger partial charge in [0.1, 0.15) is 5.15 Å². The fourth-order valence-corrected chi connectivity index (χ4v) is 1.67. The number of benzene rings is 1. The van der Waals surface area contributed by atoms with Crippen LogP contribution in [0.25, 0.3) is 0 Å². The fourth-order valence-electron chi connectivity index (χ4n) is 1.50. The van der Waals surface area contributed by atoms with Crippen molar-refractivity contribution in [3.63, 3.8) is 0 Å². The molecule has 0 radical (unpaired) electrons. The van der Waals surface area contributed by atoms with E-state index in [9.17, 15) is 8.78 Å². The Kier molecular flexibility index (Phi) is 4.10. The third kappa shape index (κ3) is 3.40.